The summed E-state index contributed by atoms with van der Waals surface area (Å²) in [4.78, 5) is 22.0. The summed E-state index contributed by atoms with van der Waals surface area (Å²) in [5.41, 5.74) is -0.116. The minimum Gasteiger partial charge on any atom is -0.258 e. The van der Waals surface area contributed by atoms with Crippen LogP contribution in [0.1, 0.15) is 13.8 Å². The third kappa shape index (κ3) is 7.40. The molecule has 0 saturated heterocycles. The quantitative estimate of drug-likeness (QED) is 0.106. The van der Waals surface area contributed by atoms with Crippen molar-refractivity contribution in [2.45, 2.75) is 39.3 Å². The first-order valence-electron chi connectivity index (χ1n) is 8.83. The zero-order valence-corrected chi connectivity index (χ0v) is 25.6. The van der Waals surface area contributed by atoms with E-state index in [1.807, 2.05) is 0 Å². The summed E-state index contributed by atoms with van der Waals surface area (Å²) in [7, 11) is -3.86. The number of thioether (sulfide) groups is 2. The van der Waals surface area contributed by atoms with Crippen molar-refractivity contribution in [3.63, 3.8) is 0 Å². The van der Waals surface area contributed by atoms with Gasteiger partial charge in [-0.3, -0.25) is 20.2 Å². The average Bonchev–Trinajstić information content (AvgIpc) is 2.72. The van der Waals surface area contributed by atoms with Crippen LogP contribution in [0.25, 0.3) is 0 Å². The van der Waals surface area contributed by atoms with Gasteiger partial charge in [0, 0.05) is 34.1 Å². The molecule has 2 rings (SSSR count). The Kier molecular flexibility index (Phi) is 9.90. The molecule has 0 radical (unpaired) electrons. The predicted octanol–water partition coefficient (Wildman–Crippen LogP) is 7.47. The molecule has 0 aliphatic carbocycles. The Morgan fingerprint density at radius 2 is 1.03 bits per heavy atom. The zero-order chi connectivity index (χ0) is 25.2. The average molecular weight is 772 g/mol. The monoisotopic (exact) mass is 768 g/mol. The molecule has 0 spiro atoms. The van der Waals surface area contributed by atoms with Crippen LogP contribution in [0.5, 0.6) is 0 Å². The molecule has 0 saturated carbocycles. The fourth-order valence-electron chi connectivity index (χ4n) is 2.52. The molecule has 180 valence electrons. The van der Waals surface area contributed by atoms with Crippen LogP contribution >= 0.6 is 87.2 Å². The number of rotatable bonds is 10. The first kappa shape index (κ1) is 29.0. The summed E-state index contributed by atoms with van der Waals surface area (Å²) in [5, 5.41) is 21.7. The second-order valence-electron chi connectivity index (χ2n) is 6.90. The number of nitro benzene ring substituents is 2. The highest BCUT2D eigenvalue weighted by molar-refractivity contribution is 9.16. The van der Waals surface area contributed by atoms with Crippen LogP contribution in [-0.4, -0.2) is 33.9 Å². The molecule has 2 aromatic rings. The number of sulfone groups is 1. The van der Waals surface area contributed by atoms with Crippen LogP contribution in [0.15, 0.2) is 58.3 Å². The molecule has 0 aliphatic heterocycles. The molecule has 0 N–H and O–H groups in total. The number of benzene rings is 2. The van der Waals surface area contributed by atoms with Gasteiger partial charge < -0.3 is 0 Å². The highest BCUT2D eigenvalue weighted by Gasteiger charge is 2.49. The minimum absolute atomic E-state index is 0.0579. The summed E-state index contributed by atoms with van der Waals surface area (Å²) in [5.74, 6) is 0. The van der Waals surface area contributed by atoms with Gasteiger partial charge in [-0.1, -0.05) is 63.7 Å². The first-order chi connectivity index (χ1) is 15.1. The second kappa shape index (κ2) is 11.2. The SMILES string of the molecule is CC(Br)(Sc1ccc([N+](=O)[O-])cc1)C(Br)S(=O)(=O)C(Br)C(C)(Br)Sc1ccc([N+](=O)[O-])cc1. The van der Waals surface area contributed by atoms with E-state index in [-0.39, 0.29) is 11.4 Å². The number of hydrogen-bond acceptors (Lipinski definition) is 8. The van der Waals surface area contributed by atoms with Crippen molar-refractivity contribution in [3.8, 4) is 0 Å². The maximum Gasteiger partial charge on any atom is 0.269 e. The van der Waals surface area contributed by atoms with Gasteiger partial charge in [-0.2, -0.15) is 0 Å². The van der Waals surface area contributed by atoms with Gasteiger partial charge in [0.25, 0.3) is 11.4 Å². The maximum absolute atomic E-state index is 13.4. The maximum atomic E-state index is 13.4. The minimum atomic E-state index is -3.86. The summed E-state index contributed by atoms with van der Waals surface area (Å²) in [6.45, 7) is 3.37. The molecular weight excluding hydrogens is 756 g/mol. The normalized spacial score (nSPS) is 17.4. The zero-order valence-electron chi connectivity index (χ0n) is 16.9. The number of nitro groups is 2. The van der Waals surface area contributed by atoms with Crippen molar-refractivity contribution >= 4 is 108 Å². The molecule has 4 unspecified atom stereocenters. The molecule has 0 fully saturated rings. The number of nitrogens with zero attached hydrogens (tertiary/aromatic N) is 2. The van der Waals surface area contributed by atoms with Crippen LogP contribution in [0.2, 0.25) is 0 Å². The Balaban J connectivity index is 2.20. The van der Waals surface area contributed by atoms with E-state index in [4.69, 9.17) is 0 Å². The molecule has 0 bridgehead atoms. The van der Waals surface area contributed by atoms with Gasteiger partial charge in [-0.15, -0.1) is 23.5 Å². The lowest BCUT2D eigenvalue weighted by atomic mass is 10.3. The lowest BCUT2D eigenvalue weighted by Crippen LogP contribution is -2.42. The van der Waals surface area contributed by atoms with E-state index in [1.165, 1.54) is 47.8 Å². The van der Waals surface area contributed by atoms with E-state index in [2.05, 4.69) is 63.7 Å². The van der Waals surface area contributed by atoms with Crippen molar-refractivity contribution in [1.82, 2.24) is 0 Å². The Morgan fingerprint density at radius 1 is 0.758 bits per heavy atom. The number of halogens is 4. The van der Waals surface area contributed by atoms with Gasteiger partial charge in [0.05, 0.1) is 17.2 Å². The first-order valence-corrected chi connectivity index (χ1v) is 15.5. The fraction of sp³-hybridized carbons (Fsp3) is 0.333. The summed E-state index contributed by atoms with van der Waals surface area (Å²) >= 11 is 16.0. The Bertz CT molecular complexity index is 1050. The van der Waals surface area contributed by atoms with Crippen molar-refractivity contribution < 1.29 is 18.3 Å². The molecule has 0 aromatic heterocycles. The smallest absolute Gasteiger partial charge is 0.258 e. The van der Waals surface area contributed by atoms with Gasteiger partial charge >= 0.3 is 0 Å². The lowest BCUT2D eigenvalue weighted by molar-refractivity contribution is -0.385. The lowest BCUT2D eigenvalue weighted by Gasteiger charge is -2.34. The Morgan fingerprint density at radius 3 is 1.27 bits per heavy atom. The Labute approximate surface area is 232 Å². The van der Waals surface area contributed by atoms with Gasteiger partial charge in [0.1, 0.15) is 8.32 Å². The number of non-ortho nitro benzene ring substituents is 2. The third-order valence-electron chi connectivity index (χ3n) is 4.12. The predicted molar refractivity (Wildman–Crippen MR) is 147 cm³/mol. The van der Waals surface area contributed by atoms with Crippen LogP contribution in [-0.2, 0) is 9.84 Å². The number of alkyl halides is 4. The van der Waals surface area contributed by atoms with Gasteiger partial charge in [-0.25, -0.2) is 8.42 Å². The van der Waals surface area contributed by atoms with Crippen LogP contribution in [0.3, 0.4) is 0 Å². The van der Waals surface area contributed by atoms with Gasteiger partial charge in [0.2, 0.25) is 0 Å². The summed E-state index contributed by atoms with van der Waals surface area (Å²) < 4.78 is 22.7. The highest BCUT2D eigenvalue weighted by Crippen LogP contribution is 2.51. The van der Waals surface area contributed by atoms with Crippen molar-refractivity contribution in [3.05, 3.63) is 68.8 Å². The highest BCUT2D eigenvalue weighted by atomic mass is 79.9. The van der Waals surface area contributed by atoms with E-state index in [9.17, 15) is 28.6 Å². The molecule has 0 amide bonds. The Hall–Kier alpha value is -0.190. The van der Waals surface area contributed by atoms with E-state index in [1.54, 1.807) is 38.1 Å². The molecule has 0 heterocycles. The second-order valence-corrected chi connectivity index (χ2v) is 19.5. The molecule has 2 aromatic carbocycles. The van der Waals surface area contributed by atoms with Crippen molar-refractivity contribution in [1.29, 1.82) is 0 Å². The van der Waals surface area contributed by atoms with Gasteiger partial charge in [0.15, 0.2) is 9.84 Å². The van der Waals surface area contributed by atoms with Crippen molar-refractivity contribution in [2.24, 2.45) is 0 Å². The van der Waals surface area contributed by atoms with E-state index < -0.39 is 35.3 Å². The van der Waals surface area contributed by atoms with E-state index in [0.717, 1.165) is 0 Å². The molecule has 8 nitrogen and oxygen atoms in total. The largest absolute Gasteiger partial charge is 0.269 e. The van der Waals surface area contributed by atoms with Crippen LogP contribution in [0.4, 0.5) is 11.4 Å². The van der Waals surface area contributed by atoms with E-state index in [0.29, 0.717) is 9.79 Å². The summed E-state index contributed by atoms with van der Waals surface area (Å²) in [6.07, 6.45) is 0. The van der Waals surface area contributed by atoms with Gasteiger partial charge in [-0.05, 0) is 38.1 Å². The molecular formula is C18H16Br4N2O6S3. The standard InChI is InChI=1S/C18H16Br4N2O6S3/c1-17(21,31-13-7-3-11(4-8-13)23(25)26)15(19)33(29,30)16(20)18(2,22)32-14-9-5-12(6-10-14)24(27)28/h3-10,15-16H,1-2H3. The van der Waals surface area contributed by atoms with Crippen molar-refractivity contribution in [2.75, 3.05) is 0 Å². The van der Waals surface area contributed by atoms with E-state index >= 15 is 0 Å². The molecule has 33 heavy (non-hydrogen) atoms. The third-order valence-corrected chi connectivity index (χ3v) is 18.1. The molecule has 0 aliphatic rings. The molecule has 4 atom stereocenters. The molecule has 15 heteroatoms. The summed E-state index contributed by atoms with van der Waals surface area (Å²) in [6, 6.07) is 11.6. The topological polar surface area (TPSA) is 120 Å². The fourth-order valence-corrected chi connectivity index (χ4v) is 12.1. The number of hydrogen-bond donors (Lipinski definition) is 0. The van der Waals surface area contributed by atoms with Crippen LogP contribution < -0.4 is 0 Å². The van der Waals surface area contributed by atoms with Crippen LogP contribution in [0, 0.1) is 20.2 Å².